The molecule has 1 fully saturated rings. The molecule has 0 bridgehead atoms. The molecular formula is C27H31Cl2N5O4. The van der Waals surface area contributed by atoms with Crippen molar-refractivity contribution in [3.05, 3.63) is 63.4 Å². The molecule has 1 aliphatic rings. The molecule has 2 heterocycles. The topological polar surface area (TPSA) is 116 Å². The van der Waals surface area contributed by atoms with E-state index in [0.29, 0.717) is 34.0 Å². The second-order valence-corrected chi connectivity index (χ2v) is 11.2. The van der Waals surface area contributed by atoms with Crippen LogP contribution in [0.2, 0.25) is 10.0 Å². The number of imidazole rings is 1. The lowest BCUT2D eigenvalue weighted by atomic mass is 10.1. The molecule has 1 saturated heterocycles. The van der Waals surface area contributed by atoms with Gasteiger partial charge in [-0.15, -0.1) is 0 Å². The number of fused-ring (bicyclic) bond motifs is 1. The van der Waals surface area contributed by atoms with Crippen LogP contribution >= 0.6 is 23.2 Å². The quantitative estimate of drug-likeness (QED) is 0.369. The van der Waals surface area contributed by atoms with Crippen molar-refractivity contribution in [3.63, 3.8) is 0 Å². The summed E-state index contributed by atoms with van der Waals surface area (Å²) in [6.07, 6.45) is 1.05. The summed E-state index contributed by atoms with van der Waals surface area (Å²) in [5.41, 5.74) is 1.55. The Morgan fingerprint density at radius 1 is 1.18 bits per heavy atom. The number of ether oxygens (including phenoxy) is 1. The summed E-state index contributed by atoms with van der Waals surface area (Å²) in [6, 6.07) is 9.38. The molecular weight excluding hydrogens is 529 g/mol. The van der Waals surface area contributed by atoms with Gasteiger partial charge in [0.1, 0.15) is 11.4 Å². The minimum atomic E-state index is -0.602. The minimum absolute atomic E-state index is 0.173. The normalized spacial score (nSPS) is 16.4. The second kappa shape index (κ2) is 11.2. The van der Waals surface area contributed by atoms with Gasteiger partial charge in [-0.3, -0.25) is 9.59 Å². The summed E-state index contributed by atoms with van der Waals surface area (Å²) in [5.74, 6) is -0.00386. The van der Waals surface area contributed by atoms with Gasteiger partial charge in [0.2, 0.25) is 0 Å². The summed E-state index contributed by atoms with van der Waals surface area (Å²) in [7, 11) is 0. The molecule has 0 aliphatic carbocycles. The Bertz CT molecular complexity index is 1370. The van der Waals surface area contributed by atoms with Crippen molar-refractivity contribution in [2.75, 3.05) is 13.1 Å². The Labute approximate surface area is 231 Å². The molecule has 1 aromatic heterocycles. The molecule has 0 unspecified atom stereocenters. The molecule has 1 aliphatic heterocycles. The van der Waals surface area contributed by atoms with E-state index in [4.69, 9.17) is 27.9 Å². The number of hydrogen-bond donors (Lipinski definition) is 3. The molecule has 3 N–H and O–H groups in total. The summed E-state index contributed by atoms with van der Waals surface area (Å²) in [6.45, 7) is 8.03. The number of likely N-dealkylation sites (tertiary alicyclic amines) is 1. The van der Waals surface area contributed by atoms with E-state index in [1.807, 2.05) is 13.0 Å². The molecule has 2 atom stereocenters. The molecule has 11 heteroatoms. The molecule has 0 spiro atoms. The van der Waals surface area contributed by atoms with E-state index in [2.05, 4.69) is 20.6 Å². The average molecular weight is 560 g/mol. The lowest BCUT2D eigenvalue weighted by Gasteiger charge is -2.26. The number of halogens is 2. The molecule has 0 saturated carbocycles. The lowest BCUT2D eigenvalue weighted by Crippen LogP contribution is -2.44. The Hall–Kier alpha value is -3.30. The van der Waals surface area contributed by atoms with Crippen LogP contribution in [0.1, 0.15) is 73.1 Å². The third kappa shape index (κ3) is 6.57. The highest BCUT2D eigenvalue weighted by Crippen LogP contribution is 2.26. The lowest BCUT2D eigenvalue weighted by molar-refractivity contribution is 0.0501. The van der Waals surface area contributed by atoms with Crippen molar-refractivity contribution in [1.82, 2.24) is 25.5 Å². The minimum Gasteiger partial charge on any atom is -0.444 e. The predicted octanol–water partition coefficient (Wildman–Crippen LogP) is 5.49. The number of benzene rings is 2. The third-order valence-electron chi connectivity index (χ3n) is 6.20. The SMILES string of the molecule is C[C@H](NC(=O)c1ccc(C(=O)N2CCC[C@H]2CNC(=O)OC(C)(C)C)c(Cl)c1)c1nc2cc(Cl)ccc2[nH]1. The van der Waals surface area contributed by atoms with Gasteiger partial charge in [-0.1, -0.05) is 23.2 Å². The number of nitrogens with one attached hydrogen (secondary N) is 3. The molecule has 0 radical (unpaired) electrons. The second-order valence-electron chi connectivity index (χ2n) is 10.4. The van der Waals surface area contributed by atoms with Crippen LogP contribution < -0.4 is 10.6 Å². The summed E-state index contributed by atoms with van der Waals surface area (Å²) in [4.78, 5) is 47.6. The zero-order valence-corrected chi connectivity index (χ0v) is 23.2. The van der Waals surface area contributed by atoms with Gasteiger partial charge >= 0.3 is 6.09 Å². The molecule has 4 rings (SSSR count). The summed E-state index contributed by atoms with van der Waals surface area (Å²) < 4.78 is 5.28. The van der Waals surface area contributed by atoms with Crippen LogP contribution in [0.4, 0.5) is 4.79 Å². The van der Waals surface area contributed by atoms with Crippen LogP contribution in [0.3, 0.4) is 0 Å². The number of carbonyl (C=O) groups excluding carboxylic acids is 3. The Balaban J connectivity index is 1.39. The van der Waals surface area contributed by atoms with Gasteiger partial charge in [0.05, 0.1) is 27.7 Å². The highest BCUT2D eigenvalue weighted by atomic mass is 35.5. The average Bonchev–Trinajstić information content (AvgIpc) is 3.48. The van der Waals surface area contributed by atoms with Gasteiger partial charge in [0, 0.05) is 29.7 Å². The fourth-order valence-electron chi connectivity index (χ4n) is 4.37. The maximum absolute atomic E-state index is 13.3. The molecule has 9 nitrogen and oxygen atoms in total. The van der Waals surface area contributed by atoms with E-state index in [0.717, 1.165) is 18.4 Å². The fourth-order valence-corrected chi connectivity index (χ4v) is 4.79. The maximum Gasteiger partial charge on any atom is 0.407 e. The zero-order valence-electron chi connectivity index (χ0n) is 21.7. The fraction of sp³-hybridized carbons (Fsp3) is 0.407. The molecule has 2 aromatic carbocycles. The van der Waals surface area contributed by atoms with E-state index < -0.39 is 17.7 Å². The number of aromatic nitrogens is 2. The van der Waals surface area contributed by atoms with Gasteiger partial charge in [-0.05, 0) is 76.9 Å². The monoisotopic (exact) mass is 559 g/mol. The number of aromatic amines is 1. The van der Waals surface area contributed by atoms with Gasteiger partial charge < -0.3 is 25.3 Å². The number of amides is 3. The number of nitrogens with zero attached hydrogens (tertiary/aromatic N) is 2. The van der Waals surface area contributed by atoms with E-state index in [1.165, 1.54) is 6.07 Å². The molecule has 3 amide bonds. The van der Waals surface area contributed by atoms with E-state index >= 15 is 0 Å². The smallest absolute Gasteiger partial charge is 0.407 e. The Morgan fingerprint density at radius 2 is 1.95 bits per heavy atom. The van der Waals surface area contributed by atoms with Crippen LogP contribution in [0.15, 0.2) is 36.4 Å². The summed E-state index contributed by atoms with van der Waals surface area (Å²) in [5, 5.41) is 6.40. The van der Waals surface area contributed by atoms with E-state index in [1.54, 1.807) is 49.9 Å². The first-order valence-corrected chi connectivity index (χ1v) is 13.2. The largest absolute Gasteiger partial charge is 0.444 e. The first-order valence-electron chi connectivity index (χ1n) is 12.4. The number of alkyl carbamates (subject to hydrolysis) is 1. The van der Waals surface area contributed by atoms with Crippen molar-refractivity contribution in [2.24, 2.45) is 0 Å². The number of hydrogen-bond acceptors (Lipinski definition) is 5. The van der Waals surface area contributed by atoms with Crippen LogP contribution in [0, 0.1) is 0 Å². The van der Waals surface area contributed by atoms with Crippen molar-refractivity contribution in [3.8, 4) is 0 Å². The van der Waals surface area contributed by atoms with E-state index in [-0.39, 0.29) is 29.4 Å². The Morgan fingerprint density at radius 3 is 2.66 bits per heavy atom. The van der Waals surface area contributed by atoms with Crippen molar-refractivity contribution >= 4 is 52.1 Å². The molecule has 202 valence electrons. The maximum atomic E-state index is 13.3. The van der Waals surface area contributed by atoms with Crippen LogP contribution in [0.5, 0.6) is 0 Å². The summed E-state index contributed by atoms with van der Waals surface area (Å²) >= 11 is 12.5. The zero-order chi connectivity index (χ0) is 27.6. The van der Waals surface area contributed by atoms with Gasteiger partial charge in [-0.25, -0.2) is 9.78 Å². The van der Waals surface area contributed by atoms with E-state index in [9.17, 15) is 14.4 Å². The number of carbonyl (C=O) groups is 3. The standard InChI is InChI=1S/C27H31Cl2N5O4/c1-15(23-32-21-10-8-17(28)13-22(21)33-23)31-24(35)16-7-9-19(20(29)12-16)25(36)34-11-5-6-18(34)14-30-26(37)38-27(2,3)4/h7-10,12-13,15,18H,5-6,11,14H2,1-4H3,(H,30,37)(H,31,35)(H,32,33)/t15-,18-/m0/s1. The van der Waals surface area contributed by atoms with Gasteiger partial charge in [0.15, 0.2) is 0 Å². The third-order valence-corrected chi connectivity index (χ3v) is 6.75. The van der Waals surface area contributed by atoms with Crippen LogP contribution in [0.25, 0.3) is 11.0 Å². The highest BCUT2D eigenvalue weighted by Gasteiger charge is 2.31. The number of H-pyrrole nitrogens is 1. The first kappa shape index (κ1) is 27.7. The van der Waals surface area contributed by atoms with Gasteiger partial charge in [0.25, 0.3) is 11.8 Å². The van der Waals surface area contributed by atoms with Gasteiger partial charge in [-0.2, -0.15) is 0 Å². The van der Waals surface area contributed by atoms with Crippen molar-refractivity contribution in [2.45, 2.75) is 58.2 Å². The van der Waals surface area contributed by atoms with Crippen molar-refractivity contribution in [1.29, 1.82) is 0 Å². The van der Waals surface area contributed by atoms with Crippen LogP contribution in [-0.4, -0.2) is 57.5 Å². The highest BCUT2D eigenvalue weighted by molar-refractivity contribution is 6.34. The van der Waals surface area contributed by atoms with Crippen molar-refractivity contribution < 1.29 is 19.1 Å². The Kier molecular flexibility index (Phi) is 8.18. The predicted molar refractivity (Wildman–Crippen MR) is 147 cm³/mol. The first-order chi connectivity index (χ1) is 17.9. The number of rotatable bonds is 6. The van der Waals surface area contributed by atoms with Crippen LogP contribution in [-0.2, 0) is 4.74 Å². The molecule has 38 heavy (non-hydrogen) atoms. The molecule has 3 aromatic rings.